The van der Waals surface area contributed by atoms with Crippen molar-refractivity contribution in [3.63, 3.8) is 0 Å². The third-order valence-corrected chi connectivity index (χ3v) is 6.25. The zero-order valence-corrected chi connectivity index (χ0v) is 20.8. The van der Waals surface area contributed by atoms with Crippen LogP contribution in [0.1, 0.15) is 40.9 Å². The number of hydrogen-bond acceptors (Lipinski definition) is 7. The van der Waals surface area contributed by atoms with Crippen LogP contribution >= 0.6 is 11.6 Å². The Labute approximate surface area is 216 Å². The molecule has 194 valence electrons. The third kappa shape index (κ3) is 6.34. The molecule has 1 saturated carbocycles. The normalized spacial score (nSPS) is 14.1. The lowest BCUT2D eigenvalue weighted by molar-refractivity contribution is -0.137. The van der Waals surface area contributed by atoms with E-state index >= 15 is 0 Å². The van der Waals surface area contributed by atoms with Gasteiger partial charge >= 0.3 is 6.18 Å². The van der Waals surface area contributed by atoms with Gasteiger partial charge in [-0.1, -0.05) is 11.6 Å². The highest BCUT2D eigenvalue weighted by Crippen LogP contribution is 2.49. The molecule has 0 spiro atoms. The van der Waals surface area contributed by atoms with Crippen LogP contribution in [-0.2, 0) is 17.5 Å². The van der Waals surface area contributed by atoms with E-state index < -0.39 is 17.2 Å². The molecule has 0 bridgehead atoms. The fourth-order valence-corrected chi connectivity index (χ4v) is 3.89. The van der Waals surface area contributed by atoms with Crippen LogP contribution in [0.3, 0.4) is 0 Å². The highest BCUT2D eigenvalue weighted by Gasteiger charge is 2.51. The molecule has 1 amide bonds. The predicted octanol–water partition coefficient (Wildman–Crippen LogP) is 5.02. The van der Waals surface area contributed by atoms with Crippen molar-refractivity contribution in [3.05, 3.63) is 70.8 Å². The fourth-order valence-electron chi connectivity index (χ4n) is 3.72. The molecule has 0 radical (unpaired) electrons. The Balaban J connectivity index is 1.33. The van der Waals surface area contributed by atoms with Crippen LogP contribution < -0.4 is 15.5 Å². The summed E-state index contributed by atoms with van der Waals surface area (Å²) in [5.41, 5.74) is -0.594. The second kappa shape index (κ2) is 10.3. The average Bonchev–Trinajstić information content (AvgIpc) is 3.64. The topological polar surface area (TPSA) is 100 Å². The smallest absolute Gasteiger partial charge is 0.354 e. The van der Waals surface area contributed by atoms with Gasteiger partial charge in [-0.15, -0.1) is 0 Å². The number of rotatable bonds is 9. The summed E-state index contributed by atoms with van der Waals surface area (Å²) in [4.78, 5) is 39.7. The van der Waals surface area contributed by atoms with Crippen molar-refractivity contribution >= 4 is 40.6 Å². The van der Waals surface area contributed by atoms with Crippen molar-refractivity contribution in [2.75, 3.05) is 24.3 Å². The number of amides is 1. The van der Waals surface area contributed by atoms with Gasteiger partial charge in [-0.2, -0.15) is 13.2 Å². The quantitative estimate of drug-likeness (QED) is 0.373. The maximum atomic E-state index is 13.3. The van der Waals surface area contributed by atoms with E-state index in [0.29, 0.717) is 35.7 Å². The maximum Gasteiger partial charge on any atom is 0.418 e. The van der Waals surface area contributed by atoms with E-state index in [1.807, 2.05) is 0 Å². The van der Waals surface area contributed by atoms with Gasteiger partial charge in [0.1, 0.15) is 0 Å². The molecule has 1 fully saturated rings. The van der Waals surface area contributed by atoms with E-state index in [1.165, 1.54) is 30.7 Å². The highest BCUT2D eigenvalue weighted by atomic mass is 35.5. The Hall–Kier alpha value is -3.73. The number of pyridine rings is 1. The third-order valence-electron chi connectivity index (χ3n) is 6.02. The van der Waals surface area contributed by atoms with E-state index in [4.69, 9.17) is 11.6 Å². The van der Waals surface area contributed by atoms with Crippen LogP contribution in [0.25, 0.3) is 0 Å². The summed E-state index contributed by atoms with van der Waals surface area (Å²) < 4.78 is 39.9. The number of ketones is 1. The van der Waals surface area contributed by atoms with Crippen LogP contribution in [0.4, 0.5) is 30.5 Å². The first-order chi connectivity index (χ1) is 17.5. The number of halogens is 4. The van der Waals surface area contributed by atoms with Gasteiger partial charge in [-0.25, -0.2) is 9.97 Å². The lowest BCUT2D eigenvalue weighted by atomic mass is 9.96. The molecule has 12 heteroatoms. The summed E-state index contributed by atoms with van der Waals surface area (Å²) in [6.07, 6.45) is 0.972. The predicted molar refractivity (Wildman–Crippen MR) is 133 cm³/mol. The first-order valence-corrected chi connectivity index (χ1v) is 11.7. The second-order valence-corrected chi connectivity index (χ2v) is 9.52. The molecule has 1 aromatic carbocycles. The molecule has 37 heavy (non-hydrogen) atoms. The first-order valence-electron chi connectivity index (χ1n) is 11.4. The highest BCUT2D eigenvalue weighted by molar-refractivity contribution is 6.30. The van der Waals surface area contributed by atoms with E-state index in [2.05, 4.69) is 25.6 Å². The monoisotopic (exact) mass is 532 g/mol. The second-order valence-electron chi connectivity index (χ2n) is 9.08. The van der Waals surface area contributed by atoms with E-state index in [1.54, 1.807) is 31.1 Å². The molecule has 1 aliphatic carbocycles. The van der Waals surface area contributed by atoms with Gasteiger partial charge in [0.25, 0.3) is 0 Å². The molecule has 2 aromatic heterocycles. The number of aromatic nitrogens is 3. The molecule has 0 aliphatic heterocycles. The molecule has 2 heterocycles. The van der Waals surface area contributed by atoms with Gasteiger partial charge in [0.05, 0.1) is 46.4 Å². The average molecular weight is 533 g/mol. The molecule has 3 aromatic rings. The van der Waals surface area contributed by atoms with Gasteiger partial charge in [-0.05, 0) is 43.2 Å². The molecular formula is C25H24ClF3N6O2. The number of anilines is 3. The minimum atomic E-state index is -4.58. The standard InChI is InChI=1S/C25H24ClF3N6O2/c1-35(2)23-32-11-15(12-33-23)21(36)10-24(7-8-24)22(37)31-13-17-4-5-18(14-30-17)34-20-6-3-16(26)9-19(20)25(27,28)29/h3-6,9,11-12,14,34H,7-8,10,13H2,1-2H3,(H,31,37). The van der Waals surface area contributed by atoms with Crippen LogP contribution in [0.2, 0.25) is 5.02 Å². The molecular weight excluding hydrogens is 509 g/mol. The van der Waals surface area contributed by atoms with Crippen LogP contribution in [-0.4, -0.2) is 40.7 Å². The SMILES string of the molecule is CN(C)c1ncc(C(=O)CC2(C(=O)NCc3ccc(Nc4ccc(Cl)cc4C(F)(F)F)cn3)CC2)cn1. The largest absolute Gasteiger partial charge is 0.418 e. The number of carbonyl (C=O) groups excluding carboxylic acids is 2. The summed E-state index contributed by atoms with van der Waals surface area (Å²) in [5, 5.41) is 5.49. The number of carbonyl (C=O) groups is 2. The zero-order valence-electron chi connectivity index (χ0n) is 20.1. The molecule has 0 atom stereocenters. The van der Waals surface area contributed by atoms with E-state index in [0.717, 1.165) is 6.07 Å². The van der Waals surface area contributed by atoms with Crippen molar-refractivity contribution in [2.24, 2.45) is 5.41 Å². The molecule has 1 aliphatic rings. The lowest BCUT2D eigenvalue weighted by Crippen LogP contribution is -2.33. The molecule has 2 N–H and O–H groups in total. The van der Waals surface area contributed by atoms with Crippen molar-refractivity contribution in [1.82, 2.24) is 20.3 Å². The van der Waals surface area contributed by atoms with Gasteiger partial charge in [0.15, 0.2) is 5.78 Å². The fraction of sp³-hybridized carbons (Fsp3) is 0.320. The minimum Gasteiger partial charge on any atom is -0.354 e. The Morgan fingerprint density at radius 2 is 1.76 bits per heavy atom. The number of Topliss-reactive ketones (excluding diaryl/α,β-unsaturated/α-hetero) is 1. The number of alkyl halides is 3. The first kappa shape index (κ1) is 26.3. The van der Waals surface area contributed by atoms with E-state index in [-0.39, 0.29) is 35.4 Å². The van der Waals surface area contributed by atoms with Crippen LogP contribution in [0, 0.1) is 5.41 Å². The Bertz CT molecular complexity index is 1290. The van der Waals surface area contributed by atoms with Crippen molar-refractivity contribution < 1.29 is 22.8 Å². The zero-order chi connectivity index (χ0) is 26.8. The lowest BCUT2D eigenvalue weighted by Gasteiger charge is -2.16. The van der Waals surface area contributed by atoms with Gasteiger partial charge < -0.3 is 15.5 Å². The number of benzene rings is 1. The summed E-state index contributed by atoms with van der Waals surface area (Å²) in [6.45, 7) is 0.116. The van der Waals surface area contributed by atoms with Crippen molar-refractivity contribution in [1.29, 1.82) is 0 Å². The number of nitrogens with zero attached hydrogens (tertiary/aromatic N) is 4. The van der Waals surface area contributed by atoms with Gasteiger partial charge in [0.2, 0.25) is 11.9 Å². The van der Waals surface area contributed by atoms with Crippen LogP contribution in [0.15, 0.2) is 48.9 Å². The Morgan fingerprint density at radius 1 is 1.05 bits per heavy atom. The van der Waals surface area contributed by atoms with Gasteiger partial charge in [-0.3, -0.25) is 14.6 Å². The Kier molecular flexibility index (Phi) is 7.35. The van der Waals surface area contributed by atoms with Crippen LogP contribution in [0.5, 0.6) is 0 Å². The Morgan fingerprint density at radius 3 is 2.32 bits per heavy atom. The van der Waals surface area contributed by atoms with Crippen molar-refractivity contribution in [2.45, 2.75) is 32.0 Å². The summed E-state index contributed by atoms with van der Waals surface area (Å²) in [5.74, 6) is 0.0386. The van der Waals surface area contributed by atoms with E-state index in [9.17, 15) is 22.8 Å². The van der Waals surface area contributed by atoms with Gasteiger partial charge in [0, 0.05) is 37.9 Å². The van der Waals surface area contributed by atoms with Crippen molar-refractivity contribution in [3.8, 4) is 0 Å². The summed E-state index contributed by atoms with van der Waals surface area (Å²) in [6, 6.07) is 6.63. The molecule has 0 unspecified atom stereocenters. The molecule has 0 saturated heterocycles. The number of hydrogen-bond donors (Lipinski definition) is 2. The molecule has 4 rings (SSSR count). The molecule has 8 nitrogen and oxygen atoms in total. The summed E-state index contributed by atoms with van der Waals surface area (Å²) >= 11 is 5.72. The minimum absolute atomic E-state index is 0.0206. The number of nitrogens with one attached hydrogen (secondary N) is 2. The maximum absolute atomic E-state index is 13.3. The summed E-state index contributed by atoms with van der Waals surface area (Å²) in [7, 11) is 3.59.